The number of amides is 2. The van der Waals surface area contributed by atoms with E-state index >= 15 is 0 Å². The molecule has 36 heavy (non-hydrogen) atoms. The molecule has 0 aliphatic rings. The second-order valence-electron chi connectivity index (χ2n) is 8.11. The van der Waals surface area contributed by atoms with Crippen molar-refractivity contribution in [3.8, 4) is 5.75 Å². The molecule has 182 valence electrons. The maximum absolute atomic E-state index is 13.3. The summed E-state index contributed by atoms with van der Waals surface area (Å²) in [6, 6.07) is 21.6. The minimum atomic E-state index is -1.21. The van der Waals surface area contributed by atoms with Crippen molar-refractivity contribution in [1.82, 2.24) is 20.9 Å². The number of hydrazone groups is 1. The minimum Gasteiger partial charge on any atom is -0.497 e. The van der Waals surface area contributed by atoms with Gasteiger partial charge in [0.15, 0.2) is 6.04 Å². The number of aromatic nitrogens is 2. The van der Waals surface area contributed by atoms with E-state index in [0.29, 0.717) is 28.5 Å². The third-order valence-electron chi connectivity index (χ3n) is 5.52. The first-order chi connectivity index (χ1) is 17.5. The Morgan fingerprint density at radius 3 is 2.47 bits per heavy atom. The summed E-state index contributed by atoms with van der Waals surface area (Å²) >= 11 is 0. The van der Waals surface area contributed by atoms with Crippen molar-refractivity contribution in [3.63, 3.8) is 0 Å². The highest BCUT2D eigenvalue weighted by molar-refractivity contribution is 5.99. The first-order valence-corrected chi connectivity index (χ1v) is 11.3. The highest BCUT2D eigenvalue weighted by Crippen LogP contribution is 2.20. The molecule has 0 saturated heterocycles. The van der Waals surface area contributed by atoms with E-state index in [0.717, 1.165) is 11.3 Å². The number of fused-ring (bicyclic) bond motifs is 1. The van der Waals surface area contributed by atoms with Crippen molar-refractivity contribution in [2.24, 2.45) is 5.10 Å². The van der Waals surface area contributed by atoms with Gasteiger partial charge in [0.1, 0.15) is 11.4 Å². The number of rotatable bonds is 8. The van der Waals surface area contributed by atoms with E-state index in [9.17, 15) is 14.4 Å². The van der Waals surface area contributed by atoms with E-state index < -0.39 is 23.4 Å². The summed E-state index contributed by atoms with van der Waals surface area (Å²) in [4.78, 5) is 38.5. The van der Waals surface area contributed by atoms with Crippen LogP contribution in [0.15, 0.2) is 88.8 Å². The monoisotopic (exact) mass is 483 g/mol. The summed E-state index contributed by atoms with van der Waals surface area (Å²) in [6.45, 7) is 1.78. The third kappa shape index (κ3) is 5.64. The number of H-pyrrole nitrogens is 1. The Morgan fingerprint density at radius 1 is 1.00 bits per heavy atom. The summed E-state index contributed by atoms with van der Waals surface area (Å²) in [5, 5.41) is 14.3. The van der Waals surface area contributed by atoms with Crippen LogP contribution in [0.2, 0.25) is 0 Å². The van der Waals surface area contributed by atoms with Crippen LogP contribution in [0.4, 0.5) is 0 Å². The number of carbonyl (C=O) groups is 2. The topological polar surface area (TPSA) is 126 Å². The molecular weight excluding hydrogens is 458 g/mol. The summed E-state index contributed by atoms with van der Waals surface area (Å²) in [6.07, 6.45) is 0.484. The van der Waals surface area contributed by atoms with Gasteiger partial charge < -0.3 is 10.1 Å². The first-order valence-electron chi connectivity index (χ1n) is 11.3. The quantitative estimate of drug-likeness (QED) is 0.262. The molecule has 3 N–H and O–H groups in total. The van der Waals surface area contributed by atoms with Crippen molar-refractivity contribution in [2.45, 2.75) is 19.4 Å². The number of benzene rings is 3. The van der Waals surface area contributed by atoms with Gasteiger partial charge in [0.2, 0.25) is 0 Å². The van der Waals surface area contributed by atoms with E-state index in [1.807, 2.05) is 24.3 Å². The lowest BCUT2D eigenvalue weighted by Gasteiger charge is -2.18. The molecule has 0 spiro atoms. The van der Waals surface area contributed by atoms with Crippen LogP contribution in [0.1, 0.15) is 34.6 Å². The zero-order chi connectivity index (χ0) is 25.5. The smallest absolute Gasteiger partial charge is 0.272 e. The molecular formula is C27H25N5O4. The van der Waals surface area contributed by atoms with E-state index in [4.69, 9.17) is 4.74 Å². The Hall–Kier alpha value is -4.79. The number of aromatic amines is 1. The molecule has 2 amide bonds. The van der Waals surface area contributed by atoms with Crippen molar-refractivity contribution < 1.29 is 14.3 Å². The lowest BCUT2D eigenvalue weighted by atomic mass is 10.0. The average Bonchev–Trinajstić information content (AvgIpc) is 2.91. The van der Waals surface area contributed by atoms with Gasteiger partial charge in [-0.05, 0) is 42.8 Å². The third-order valence-corrected chi connectivity index (χ3v) is 5.52. The minimum absolute atomic E-state index is 0.202. The van der Waals surface area contributed by atoms with Crippen LogP contribution in [-0.2, 0) is 11.2 Å². The number of methoxy groups -OCH3 is 1. The summed E-state index contributed by atoms with van der Waals surface area (Å²) in [5.74, 6) is -0.345. The summed E-state index contributed by atoms with van der Waals surface area (Å²) in [5.41, 5.74) is 4.33. The number of nitrogens with zero attached hydrogens (tertiary/aromatic N) is 2. The van der Waals surface area contributed by atoms with Gasteiger partial charge in [0.25, 0.3) is 17.4 Å². The fraction of sp³-hybridized carbons (Fsp3) is 0.148. The maximum Gasteiger partial charge on any atom is 0.272 e. The standard InChI is InChI=1S/C27H25N5O4/c1-17(15-18-9-8-12-20(16-18)36-2)29-32-27(35)24(28-25(33)19-10-4-3-5-11-19)23-21-13-6-7-14-22(21)26(34)31-30-23/h3-14,16,24H,15H2,1-2H3,(H,28,33)(H,31,34)(H,32,35). The predicted molar refractivity (Wildman–Crippen MR) is 137 cm³/mol. The van der Waals surface area contributed by atoms with Crippen LogP contribution >= 0.6 is 0 Å². The first kappa shape index (κ1) is 24.3. The molecule has 3 aromatic carbocycles. The van der Waals surface area contributed by atoms with Gasteiger partial charge in [-0.1, -0.05) is 48.5 Å². The fourth-order valence-electron chi connectivity index (χ4n) is 3.75. The number of nitrogens with one attached hydrogen (secondary N) is 3. The highest BCUT2D eigenvalue weighted by atomic mass is 16.5. The van der Waals surface area contributed by atoms with Crippen LogP contribution in [0.5, 0.6) is 5.75 Å². The molecule has 0 fully saturated rings. The Balaban J connectivity index is 1.62. The molecule has 1 atom stereocenters. The molecule has 1 aromatic heterocycles. The maximum atomic E-state index is 13.3. The van der Waals surface area contributed by atoms with E-state index in [1.165, 1.54) is 0 Å². The van der Waals surface area contributed by atoms with Gasteiger partial charge in [0.05, 0.1) is 12.5 Å². The molecule has 0 aliphatic heterocycles. The molecule has 0 bridgehead atoms. The van der Waals surface area contributed by atoms with Crippen LogP contribution in [0.3, 0.4) is 0 Å². The molecule has 4 aromatic rings. The molecule has 9 heteroatoms. The van der Waals surface area contributed by atoms with Crippen molar-refractivity contribution in [2.75, 3.05) is 7.11 Å². The normalized spacial score (nSPS) is 12.1. The lowest BCUT2D eigenvalue weighted by molar-refractivity contribution is -0.123. The van der Waals surface area contributed by atoms with Gasteiger partial charge in [0, 0.05) is 23.1 Å². The second kappa shape index (κ2) is 11.1. The van der Waals surface area contributed by atoms with E-state index in [2.05, 4.69) is 26.0 Å². The number of carbonyl (C=O) groups excluding carboxylic acids is 2. The molecule has 4 rings (SSSR count). The molecule has 0 radical (unpaired) electrons. The zero-order valence-corrected chi connectivity index (χ0v) is 19.8. The molecule has 1 unspecified atom stereocenters. The zero-order valence-electron chi connectivity index (χ0n) is 19.8. The Kier molecular flexibility index (Phi) is 7.50. The van der Waals surface area contributed by atoms with Crippen molar-refractivity contribution in [3.05, 3.63) is 106 Å². The van der Waals surface area contributed by atoms with Gasteiger partial charge in [-0.3, -0.25) is 14.4 Å². The Morgan fingerprint density at radius 2 is 1.72 bits per heavy atom. The van der Waals surface area contributed by atoms with Crippen LogP contribution in [0.25, 0.3) is 10.8 Å². The van der Waals surface area contributed by atoms with Crippen LogP contribution in [0, 0.1) is 0 Å². The molecule has 0 saturated carbocycles. The average molecular weight is 484 g/mol. The molecule has 9 nitrogen and oxygen atoms in total. The predicted octanol–water partition coefficient (Wildman–Crippen LogP) is 3.14. The van der Waals surface area contributed by atoms with Crippen LogP contribution in [-0.4, -0.2) is 34.8 Å². The fourth-order valence-corrected chi connectivity index (χ4v) is 3.75. The molecule has 0 aliphatic carbocycles. The lowest BCUT2D eigenvalue weighted by Crippen LogP contribution is -2.40. The highest BCUT2D eigenvalue weighted by Gasteiger charge is 2.27. The van der Waals surface area contributed by atoms with Gasteiger partial charge in [-0.2, -0.15) is 10.2 Å². The van der Waals surface area contributed by atoms with Crippen molar-refractivity contribution in [1.29, 1.82) is 0 Å². The number of ether oxygens (including phenoxy) is 1. The van der Waals surface area contributed by atoms with E-state index in [-0.39, 0.29) is 5.69 Å². The second-order valence-corrected chi connectivity index (χ2v) is 8.11. The largest absolute Gasteiger partial charge is 0.497 e. The number of hydrogen-bond donors (Lipinski definition) is 3. The van der Waals surface area contributed by atoms with Crippen molar-refractivity contribution >= 4 is 28.3 Å². The van der Waals surface area contributed by atoms with Gasteiger partial charge >= 0.3 is 0 Å². The van der Waals surface area contributed by atoms with Gasteiger partial charge in [-0.15, -0.1) is 0 Å². The summed E-state index contributed by atoms with van der Waals surface area (Å²) < 4.78 is 5.25. The SMILES string of the molecule is COc1cccc(CC(C)=NNC(=O)C(NC(=O)c2ccccc2)c2n[nH]c(=O)c3ccccc23)c1. The number of hydrogen-bond acceptors (Lipinski definition) is 6. The molecule has 1 heterocycles. The van der Waals surface area contributed by atoms with E-state index in [1.54, 1.807) is 68.6 Å². The Bertz CT molecular complexity index is 1480. The Labute approximate surface area is 207 Å². The van der Waals surface area contributed by atoms with Crippen LogP contribution < -0.4 is 21.0 Å². The van der Waals surface area contributed by atoms with Gasteiger partial charge in [-0.25, -0.2) is 10.5 Å². The summed E-state index contributed by atoms with van der Waals surface area (Å²) in [7, 11) is 1.60.